The summed E-state index contributed by atoms with van der Waals surface area (Å²) in [5, 5.41) is 0.0493. The van der Waals surface area contributed by atoms with Gasteiger partial charge in [-0.1, -0.05) is 35.9 Å². The molecule has 1 aromatic carbocycles. The van der Waals surface area contributed by atoms with Gasteiger partial charge >= 0.3 is 0 Å². The summed E-state index contributed by atoms with van der Waals surface area (Å²) in [6.07, 6.45) is 3.63. The van der Waals surface area contributed by atoms with Gasteiger partial charge in [0, 0.05) is 38.4 Å². The van der Waals surface area contributed by atoms with Gasteiger partial charge < -0.3 is 9.88 Å². The fraction of sp³-hybridized carbons (Fsp3) is 0.368. The van der Waals surface area contributed by atoms with Gasteiger partial charge in [-0.25, -0.2) is 0 Å². The molecule has 1 N–H and O–H groups in total. The van der Waals surface area contributed by atoms with E-state index in [1.807, 2.05) is 4.90 Å². The lowest BCUT2D eigenvalue weighted by Gasteiger charge is -2.38. The molecule has 1 aromatic heterocycles. The number of benzene rings is 1. The summed E-state index contributed by atoms with van der Waals surface area (Å²) in [6.45, 7) is 3.15. The van der Waals surface area contributed by atoms with E-state index in [2.05, 4.69) is 34.1 Å². The highest BCUT2D eigenvalue weighted by Gasteiger charge is 2.30. The van der Waals surface area contributed by atoms with E-state index in [-0.39, 0.29) is 16.5 Å². The van der Waals surface area contributed by atoms with Crippen LogP contribution in [0.4, 0.5) is 0 Å². The Bertz CT molecular complexity index is 831. The fourth-order valence-corrected chi connectivity index (χ4v) is 4.02. The molecule has 0 spiro atoms. The first-order valence-corrected chi connectivity index (χ1v) is 8.98. The Kier molecular flexibility index (Phi) is 4.36. The van der Waals surface area contributed by atoms with Crippen LogP contribution in [0, 0.1) is 0 Å². The maximum Gasteiger partial charge on any atom is 0.266 e. The zero-order valence-electron chi connectivity index (χ0n) is 13.9. The molecule has 0 unspecified atom stereocenters. The number of rotatable bonds is 2. The first-order chi connectivity index (χ1) is 12.1. The van der Waals surface area contributed by atoms with Crippen molar-refractivity contribution in [2.75, 3.05) is 26.2 Å². The number of fused-ring (bicyclic) bond motifs is 1. The van der Waals surface area contributed by atoms with E-state index in [0.717, 1.165) is 25.9 Å². The molecule has 130 valence electrons. The minimum absolute atomic E-state index is 0.0493. The molecule has 1 fully saturated rings. The van der Waals surface area contributed by atoms with Crippen molar-refractivity contribution in [2.24, 2.45) is 0 Å². The smallest absolute Gasteiger partial charge is 0.266 e. The summed E-state index contributed by atoms with van der Waals surface area (Å²) in [5.74, 6) is -0.0764. The molecule has 2 aromatic rings. The van der Waals surface area contributed by atoms with Crippen LogP contribution in [0.1, 0.15) is 21.5 Å². The molecule has 1 saturated heterocycles. The fourth-order valence-electron chi connectivity index (χ4n) is 3.85. The SMILES string of the molecule is O=C(c1c[nH]c(=O)c(Cl)c1)N1CCN(C2Cc3ccccc3C2)CC1. The highest BCUT2D eigenvalue weighted by Crippen LogP contribution is 2.26. The molecule has 25 heavy (non-hydrogen) atoms. The van der Waals surface area contributed by atoms with Gasteiger partial charge in [-0.2, -0.15) is 0 Å². The number of hydrogen-bond acceptors (Lipinski definition) is 3. The molecule has 0 bridgehead atoms. The van der Waals surface area contributed by atoms with E-state index in [0.29, 0.717) is 24.7 Å². The molecule has 0 saturated carbocycles. The molecule has 6 heteroatoms. The van der Waals surface area contributed by atoms with E-state index in [4.69, 9.17) is 11.6 Å². The molecule has 0 atom stereocenters. The first-order valence-electron chi connectivity index (χ1n) is 8.60. The lowest BCUT2D eigenvalue weighted by molar-refractivity contribution is 0.0575. The van der Waals surface area contributed by atoms with E-state index in [9.17, 15) is 9.59 Å². The number of aromatic amines is 1. The Morgan fingerprint density at radius 2 is 1.72 bits per heavy atom. The molecule has 0 radical (unpaired) electrons. The summed E-state index contributed by atoms with van der Waals surface area (Å²) < 4.78 is 0. The number of amides is 1. The average Bonchev–Trinajstić information content (AvgIpc) is 3.08. The number of halogens is 1. The first kappa shape index (κ1) is 16.4. The van der Waals surface area contributed by atoms with Crippen LogP contribution < -0.4 is 5.56 Å². The number of pyridine rings is 1. The Morgan fingerprint density at radius 1 is 1.08 bits per heavy atom. The topological polar surface area (TPSA) is 56.4 Å². The molecule has 2 heterocycles. The summed E-state index contributed by atoms with van der Waals surface area (Å²) >= 11 is 5.83. The van der Waals surface area contributed by atoms with Crippen molar-refractivity contribution in [1.82, 2.24) is 14.8 Å². The van der Waals surface area contributed by atoms with E-state index >= 15 is 0 Å². The summed E-state index contributed by atoms with van der Waals surface area (Å²) in [5.41, 5.74) is 2.97. The summed E-state index contributed by atoms with van der Waals surface area (Å²) in [6, 6.07) is 10.6. The normalized spacial score (nSPS) is 18.4. The summed E-state index contributed by atoms with van der Waals surface area (Å²) in [4.78, 5) is 30.8. The van der Waals surface area contributed by atoms with Crippen LogP contribution in [0.25, 0.3) is 0 Å². The van der Waals surface area contributed by atoms with Crippen LogP contribution >= 0.6 is 11.6 Å². The molecule has 4 rings (SSSR count). The second-order valence-electron chi connectivity index (χ2n) is 6.72. The number of hydrogen-bond donors (Lipinski definition) is 1. The lowest BCUT2D eigenvalue weighted by atomic mass is 10.1. The number of piperazine rings is 1. The van der Waals surface area contributed by atoms with Crippen molar-refractivity contribution in [3.05, 3.63) is 68.6 Å². The largest absolute Gasteiger partial charge is 0.336 e. The Hall–Kier alpha value is -2.11. The minimum atomic E-state index is -0.371. The quantitative estimate of drug-likeness (QED) is 0.893. The van der Waals surface area contributed by atoms with E-state index in [1.54, 1.807) is 0 Å². The average molecular weight is 358 g/mol. The summed E-state index contributed by atoms with van der Waals surface area (Å²) in [7, 11) is 0. The van der Waals surface area contributed by atoms with E-state index in [1.165, 1.54) is 23.4 Å². The van der Waals surface area contributed by atoms with Gasteiger partial charge in [-0.15, -0.1) is 0 Å². The molecule has 1 amide bonds. The van der Waals surface area contributed by atoms with Crippen molar-refractivity contribution in [2.45, 2.75) is 18.9 Å². The lowest BCUT2D eigenvalue weighted by Crippen LogP contribution is -2.52. The van der Waals surface area contributed by atoms with Crippen LogP contribution in [-0.4, -0.2) is 52.9 Å². The molecule has 2 aliphatic rings. The number of H-pyrrole nitrogens is 1. The zero-order valence-corrected chi connectivity index (χ0v) is 14.6. The van der Waals surface area contributed by atoms with Gasteiger partial charge in [0.05, 0.1) is 5.56 Å². The number of aromatic nitrogens is 1. The van der Waals surface area contributed by atoms with Gasteiger partial charge in [-0.3, -0.25) is 14.5 Å². The Labute approximate surface area is 151 Å². The zero-order chi connectivity index (χ0) is 17.4. The third-order valence-corrected chi connectivity index (χ3v) is 5.53. The monoisotopic (exact) mass is 357 g/mol. The number of nitrogens with zero attached hydrogens (tertiary/aromatic N) is 2. The van der Waals surface area contributed by atoms with Gasteiger partial charge in [-0.05, 0) is 30.0 Å². The molecular weight excluding hydrogens is 338 g/mol. The minimum Gasteiger partial charge on any atom is -0.336 e. The van der Waals surface area contributed by atoms with Gasteiger partial charge in [0.1, 0.15) is 5.02 Å². The second-order valence-corrected chi connectivity index (χ2v) is 7.13. The van der Waals surface area contributed by atoms with Gasteiger partial charge in [0.15, 0.2) is 0 Å². The van der Waals surface area contributed by atoms with Crippen molar-refractivity contribution < 1.29 is 4.79 Å². The van der Waals surface area contributed by atoms with Crippen LogP contribution in [-0.2, 0) is 12.8 Å². The molecular formula is C19H20ClN3O2. The van der Waals surface area contributed by atoms with Crippen molar-refractivity contribution in [1.29, 1.82) is 0 Å². The van der Waals surface area contributed by atoms with Crippen molar-refractivity contribution in [3.63, 3.8) is 0 Å². The standard InChI is InChI=1S/C19H20ClN3O2/c20-17-11-15(12-21-18(17)24)19(25)23-7-5-22(6-8-23)16-9-13-3-1-2-4-14(13)10-16/h1-4,11-12,16H,5-10H2,(H,21,24). The van der Waals surface area contributed by atoms with Crippen LogP contribution in [0.3, 0.4) is 0 Å². The van der Waals surface area contributed by atoms with Crippen LogP contribution in [0.15, 0.2) is 41.3 Å². The third-order valence-electron chi connectivity index (χ3n) is 5.25. The molecule has 5 nitrogen and oxygen atoms in total. The number of nitrogens with one attached hydrogen (secondary N) is 1. The predicted octanol–water partition coefficient (Wildman–Crippen LogP) is 1.95. The second kappa shape index (κ2) is 6.65. The highest BCUT2D eigenvalue weighted by atomic mass is 35.5. The van der Waals surface area contributed by atoms with Crippen LogP contribution in [0.2, 0.25) is 5.02 Å². The van der Waals surface area contributed by atoms with E-state index < -0.39 is 0 Å². The number of carbonyl (C=O) groups excluding carboxylic acids is 1. The third kappa shape index (κ3) is 3.22. The van der Waals surface area contributed by atoms with Gasteiger partial charge in [0.2, 0.25) is 0 Å². The predicted molar refractivity (Wildman–Crippen MR) is 97.2 cm³/mol. The molecule has 1 aliphatic carbocycles. The van der Waals surface area contributed by atoms with Gasteiger partial charge in [0.25, 0.3) is 11.5 Å². The maximum atomic E-state index is 12.6. The van der Waals surface area contributed by atoms with Crippen molar-refractivity contribution in [3.8, 4) is 0 Å². The van der Waals surface area contributed by atoms with Crippen LogP contribution in [0.5, 0.6) is 0 Å². The maximum absolute atomic E-state index is 12.6. The number of carbonyl (C=O) groups is 1. The van der Waals surface area contributed by atoms with Crippen molar-refractivity contribution >= 4 is 17.5 Å². The Balaban J connectivity index is 1.38. The highest BCUT2D eigenvalue weighted by molar-refractivity contribution is 6.30. The molecule has 1 aliphatic heterocycles. The Morgan fingerprint density at radius 3 is 2.32 bits per heavy atom.